The van der Waals surface area contributed by atoms with Crippen molar-refractivity contribution in [3.8, 4) is 10.6 Å². The number of halogens is 3. The molecule has 1 aliphatic carbocycles. The van der Waals surface area contributed by atoms with Crippen molar-refractivity contribution in [2.45, 2.75) is 38.3 Å². The first-order valence-corrected chi connectivity index (χ1v) is 9.36. The van der Waals surface area contributed by atoms with Crippen LogP contribution < -0.4 is 5.32 Å². The van der Waals surface area contributed by atoms with E-state index >= 15 is 0 Å². The summed E-state index contributed by atoms with van der Waals surface area (Å²) in [5.41, 5.74) is 0.715. The van der Waals surface area contributed by atoms with Crippen LogP contribution in [-0.4, -0.2) is 17.4 Å². The Morgan fingerprint density at radius 2 is 1.96 bits per heavy atom. The largest absolute Gasteiger partial charge is 0.435 e. The van der Waals surface area contributed by atoms with E-state index in [9.17, 15) is 18.0 Å². The molecule has 1 aliphatic rings. The Labute approximate surface area is 154 Å². The maximum absolute atomic E-state index is 13.3. The molecule has 1 N–H and O–H groups in total. The molecule has 1 amide bonds. The van der Waals surface area contributed by atoms with E-state index in [2.05, 4.69) is 16.4 Å². The van der Waals surface area contributed by atoms with E-state index in [0.717, 1.165) is 30.6 Å². The normalized spacial score (nSPS) is 14.8. The minimum Gasteiger partial charge on any atom is -0.351 e. The Kier molecular flexibility index (Phi) is 5.76. The van der Waals surface area contributed by atoms with Crippen molar-refractivity contribution >= 4 is 17.2 Å². The van der Waals surface area contributed by atoms with Crippen LogP contribution in [0.5, 0.6) is 0 Å². The molecule has 7 heteroatoms. The lowest BCUT2D eigenvalue weighted by Crippen LogP contribution is -2.26. The minimum absolute atomic E-state index is 0.193. The van der Waals surface area contributed by atoms with Crippen molar-refractivity contribution in [1.82, 2.24) is 10.3 Å². The number of hydrogen-bond acceptors (Lipinski definition) is 3. The van der Waals surface area contributed by atoms with Crippen LogP contribution >= 0.6 is 11.3 Å². The van der Waals surface area contributed by atoms with Crippen LogP contribution in [0.2, 0.25) is 0 Å². The predicted molar refractivity (Wildman–Crippen MR) is 96.1 cm³/mol. The van der Waals surface area contributed by atoms with Gasteiger partial charge in [-0.1, -0.05) is 42.0 Å². The molecule has 0 fully saturated rings. The van der Waals surface area contributed by atoms with Crippen LogP contribution in [0.4, 0.5) is 13.2 Å². The molecule has 0 unspecified atom stereocenters. The highest BCUT2D eigenvalue weighted by molar-refractivity contribution is 7.17. The number of nitrogens with zero attached hydrogens (tertiary/aromatic N) is 1. The lowest BCUT2D eigenvalue weighted by atomic mass is 9.97. The van der Waals surface area contributed by atoms with E-state index < -0.39 is 17.8 Å². The maximum atomic E-state index is 13.3. The molecule has 138 valence electrons. The topological polar surface area (TPSA) is 42.0 Å². The van der Waals surface area contributed by atoms with Gasteiger partial charge < -0.3 is 5.32 Å². The molecule has 1 aromatic heterocycles. The molecule has 26 heavy (non-hydrogen) atoms. The third kappa shape index (κ3) is 4.52. The van der Waals surface area contributed by atoms with Gasteiger partial charge in [0.15, 0.2) is 5.69 Å². The van der Waals surface area contributed by atoms with Crippen molar-refractivity contribution in [2.75, 3.05) is 6.54 Å². The average molecular weight is 380 g/mol. The number of carbonyl (C=O) groups excluding carboxylic acids is 1. The lowest BCUT2D eigenvalue weighted by Gasteiger charge is -2.13. The van der Waals surface area contributed by atoms with Crippen LogP contribution in [0.15, 0.2) is 42.0 Å². The molecule has 0 atom stereocenters. The zero-order chi connectivity index (χ0) is 18.6. The quantitative estimate of drug-likeness (QED) is 0.701. The molecule has 0 bridgehead atoms. The number of benzene rings is 1. The summed E-state index contributed by atoms with van der Waals surface area (Å²) >= 11 is 0.776. The number of hydrogen-bond donors (Lipinski definition) is 1. The first-order valence-electron chi connectivity index (χ1n) is 8.54. The molecule has 0 spiro atoms. The first kappa shape index (κ1) is 18.6. The molecule has 3 nitrogen and oxygen atoms in total. The summed E-state index contributed by atoms with van der Waals surface area (Å²) in [4.78, 5) is 15.6. The number of rotatable bonds is 5. The van der Waals surface area contributed by atoms with E-state index in [0.29, 0.717) is 18.5 Å². The van der Waals surface area contributed by atoms with Crippen molar-refractivity contribution in [3.05, 3.63) is 52.6 Å². The highest BCUT2D eigenvalue weighted by atomic mass is 32.1. The van der Waals surface area contributed by atoms with Gasteiger partial charge in [0.05, 0.1) is 0 Å². The highest BCUT2D eigenvalue weighted by Gasteiger charge is 2.39. The standard InChI is InChI=1S/C19H19F3N2OS/c20-19(21,22)16-15(26-18(24-16)14-9-5-2-6-10-14)17(25)23-12-11-13-7-3-1-4-8-13/h2,5-7,9-10H,1,3-4,8,11-12H2,(H,23,25). The zero-order valence-electron chi connectivity index (χ0n) is 14.1. The van der Waals surface area contributed by atoms with Crippen LogP contribution in [0.25, 0.3) is 10.6 Å². The van der Waals surface area contributed by atoms with Crippen LogP contribution in [0, 0.1) is 0 Å². The Bertz CT molecular complexity index is 797. The second-order valence-electron chi connectivity index (χ2n) is 6.17. The van der Waals surface area contributed by atoms with Gasteiger partial charge in [-0.15, -0.1) is 11.3 Å². The molecule has 0 saturated heterocycles. The Hall–Kier alpha value is -2.15. The van der Waals surface area contributed by atoms with Gasteiger partial charge in [-0.3, -0.25) is 4.79 Å². The summed E-state index contributed by atoms with van der Waals surface area (Å²) in [7, 11) is 0. The molecule has 1 heterocycles. The van der Waals surface area contributed by atoms with Gasteiger partial charge in [0, 0.05) is 12.1 Å². The zero-order valence-corrected chi connectivity index (χ0v) is 14.9. The summed E-state index contributed by atoms with van der Waals surface area (Å²) in [5.74, 6) is -0.714. The highest BCUT2D eigenvalue weighted by Crippen LogP contribution is 2.37. The minimum atomic E-state index is -4.66. The summed E-state index contributed by atoms with van der Waals surface area (Å²) in [6.45, 7) is 0.334. The molecule has 0 aliphatic heterocycles. The fourth-order valence-corrected chi connectivity index (χ4v) is 3.93. The van der Waals surface area contributed by atoms with Crippen molar-refractivity contribution in [3.63, 3.8) is 0 Å². The number of aromatic nitrogens is 1. The van der Waals surface area contributed by atoms with Gasteiger partial charge >= 0.3 is 6.18 Å². The summed E-state index contributed by atoms with van der Waals surface area (Å²) in [6, 6.07) is 8.57. The molecule has 2 aromatic rings. The number of thiazole rings is 1. The fraction of sp³-hybridized carbons (Fsp3) is 0.368. The third-order valence-electron chi connectivity index (χ3n) is 4.24. The second kappa shape index (κ2) is 8.03. The Morgan fingerprint density at radius 1 is 1.19 bits per heavy atom. The number of carbonyl (C=O) groups is 1. The van der Waals surface area contributed by atoms with Crippen molar-refractivity contribution in [2.24, 2.45) is 0 Å². The average Bonchev–Trinajstić information content (AvgIpc) is 3.09. The van der Waals surface area contributed by atoms with Gasteiger partial charge in [0.25, 0.3) is 5.91 Å². The number of amides is 1. The van der Waals surface area contributed by atoms with E-state index in [1.54, 1.807) is 30.3 Å². The first-order chi connectivity index (χ1) is 12.4. The monoisotopic (exact) mass is 380 g/mol. The molecule has 1 aromatic carbocycles. The number of alkyl halides is 3. The van der Waals surface area contributed by atoms with E-state index in [1.807, 2.05) is 0 Å². The van der Waals surface area contributed by atoms with Gasteiger partial charge in [0.2, 0.25) is 0 Å². The summed E-state index contributed by atoms with van der Waals surface area (Å²) in [5, 5.41) is 2.81. The van der Waals surface area contributed by atoms with Gasteiger partial charge in [-0.05, 0) is 32.1 Å². The maximum Gasteiger partial charge on any atom is 0.435 e. The van der Waals surface area contributed by atoms with Crippen LogP contribution in [0.3, 0.4) is 0 Å². The van der Waals surface area contributed by atoms with Gasteiger partial charge in [-0.2, -0.15) is 13.2 Å². The Balaban J connectivity index is 1.75. The fourth-order valence-electron chi connectivity index (χ4n) is 2.92. The second-order valence-corrected chi connectivity index (χ2v) is 7.17. The van der Waals surface area contributed by atoms with E-state index in [4.69, 9.17) is 0 Å². The number of nitrogens with one attached hydrogen (secondary N) is 1. The van der Waals surface area contributed by atoms with E-state index in [-0.39, 0.29) is 9.88 Å². The van der Waals surface area contributed by atoms with Crippen LogP contribution in [-0.2, 0) is 6.18 Å². The predicted octanol–water partition coefficient (Wildman–Crippen LogP) is 5.45. The molecular formula is C19H19F3N2OS. The lowest BCUT2D eigenvalue weighted by molar-refractivity contribution is -0.141. The van der Waals surface area contributed by atoms with Crippen molar-refractivity contribution in [1.29, 1.82) is 0 Å². The number of allylic oxidation sites excluding steroid dienone is 1. The Morgan fingerprint density at radius 3 is 2.62 bits per heavy atom. The summed E-state index contributed by atoms with van der Waals surface area (Å²) < 4.78 is 39.9. The van der Waals surface area contributed by atoms with Gasteiger partial charge in [-0.25, -0.2) is 4.98 Å². The van der Waals surface area contributed by atoms with Gasteiger partial charge in [0.1, 0.15) is 9.88 Å². The van der Waals surface area contributed by atoms with Crippen molar-refractivity contribution < 1.29 is 18.0 Å². The third-order valence-corrected chi connectivity index (χ3v) is 5.34. The smallest absolute Gasteiger partial charge is 0.351 e. The summed E-state index contributed by atoms with van der Waals surface area (Å²) in [6.07, 6.45) is 2.52. The molecular weight excluding hydrogens is 361 g/mol. The van der Waals surface area contributed by atoms with E-state index in [1.165, 1.54) is 12.0 Å². The van der Waals surface area contributed by atoms with Crippen LogP contribution in [0.1, 0.15) is 47.5 Å². The molecule has 3 rings (SSSR count). The molecule has 0 saturated carbocycles. The SMILES string of the molecule is O=C(NCCC1=CCCCC1)c1sc(-c2ccccc2)nc1C(F)(F)F. The molecule has 0 radical (unpaired) electrons.